The number of carbonyl (C=O) groups excluding carboxylic acids is 1. The van der Waals surface area contributed by atoms with Crippen LogP contribution in [-0.4, -0.2) is 23.9 Å². The number of nitrogens with zero attached hydrogens (tertiary/aromatic N) is 1. The summed E-state index contributed by atoms with van der Waals surface area (Å²) in [4.78, 5) is 13.1. The first-order valence-electron chi connectivity index (χ1n) is 5.69. The van der Waals surface area contributed by atoms with Gasteiger partial charge < -0.3 is 4.90 Å². The van der Waals surface area contributed by atoms with E-state index in [4.69, 9.17) is 0 Å². The summed E-state index contributed by atoms with van der Waals surface area (Å²) in [7, 11) is 0. The molecule has 0 bridgehead atoms. The molecule has 1 saturated heterocycles. The molecule has 1 fully saturated rings. The molecule has 1 aliphatic heterocycles. The minimum atomic E-state index is 0.0909. The molecule has 0 aromatic carbocycles. The van der Waals surface area contributed by atoms with E-state index in [9.17, 15) is 4.79 Å². The molecule has 1 rings (SSSR count). The highest BCUT2D eigenvalue weighted by Gasteiger charge is 2.20. The smallest absolute Gasteiger partial charge is 0.245 e. The van der Waals surface area contributed by atoms with Crippen LogP contribution in [-0.2, 0) is 4.79 Å². The highest BCUT2D eigenvalue weighted by Crippen LogP contribution is 2.18. The summed E-state index contributed by atoms with van der Waals surface area (Å²) in [6.07, 6.45) is 5.02. The molecule has 2 nitrogen and oxygen atoms in total. The van der Waals surface area contributed by atoms with Crippen LogP contribution in [0.15, 0.2) is 12.7 Å². The Balaban J connectivity index is 0.000000791. The van der Waals surface area contributed by atoms with Gasteiger partial charge in [0.1, 0.15) is 0 Å². The van der Waals surface area contributed by atoms with Crippen LogP contribution in [0.5, 0.6) is 0 Å². The van der Waals surface area contributed by atoms with Gasteiger partial charge in [-0.05, 0) is 24.8 Å². The van der Waals surface area contributed by atoms with Gasteiger partial charge in [-0.25, -0.2) is 0 Å². The van der Waals surface area contributed by atoms with Gasteiger partial charge in [-0.3, -0.25) is 4.79 Å². The van der Waals surface area contributed by atoms with Gasteiger partial charge in [0.05, 0.1) is 0 Å². The van der Waals surface area contributed by atoms with Gasteiger partial charge in [0, 0.05) is 13.1 Å². The van der Waals surface area contributed by atoms with Crippen LogP contribution in [0.25, 0.3) is 0 Å². The molecule has 1 atom stereocenters. The summed E-state index contributed by atoms with van der Waals surface area (Å²) in [6.45, 7) is 11.5. The third-order valence-electron chi connectivity index (χ3n) is 2.58. The number of rotatable bonds is 2. The van der Waals surface area contributed by atoms with Crippen molar-refractivity contribution in [3.05, 3.63) is 12.7 Å². The van der Waals surface area contributed by atoms with E-state index in [0.717, 1.165) is 19.5 Å². The third-order valence-corrected chi connectivity index (χ3v) is 2.58. The molecule has 1 amide bonds. The lowest BCUT2D eigenvalue weighted by Crippen LogP contribution is -2.38. The lowest BCUT2D eigenvalue weighted by atomic mass is 9.96. The first-order valence-corrected chi connectivity index (χ1v) is 5.69. The molecule has 0 aromatic heterocycles. The standard InChI is InChI=1S/C10H17NO.C2H6/c1-3-9-6-5-7-11(8-9)10(12)4-2;1-2/h4,9H,2-3,5-8H2,1H3;1-2H3/t9-;/m1./s1. The summed E-state index contributed by atoms with van der Waals surface area (Å²) in [5.41, 5.74) is 0. The maximum atomic E-state index is 11.2. The molecular weight excluding hydrogens is 174 g/mol. The zero-order chi connectivity index (χ0) is 11.0. The average Bonchev–Trinajstić information content (AvgIpc) is 2.30. The predicted octanol–water partition coefficient (Wildman–Crippen LogP) is 2.85. The van der Waals surface area contributed by atoms with Crippen molar-refractivity contribution in [2.24, 2.45) is 5.92 Å². The summed E-state index contributed by atoms with van der Waals surface area (Å²) < 4.78 is 0. The Morgan fingerprint density at radius 3 is 2.71 bits per heavy atom. The largest absolute Gasteiger partial charge is 0.339 e. The fourth-order valence-corrected chi connectivity index (χ4v) is 1.73. The van der Waals surface area contributed by atoms with Gasteiger partial charge in [0.15, 0.2) is 0 Å². The molecule has 0 spiro atoms. The molecule has 1 aliphatic rings. The average molecular weight is 197 g/mol. The van der Waals surface area contributed by atoms with Gasteiger partial charge >= 0.3 is 0 Å². The quantitative estimate of drug-likeness (QED) is 0.623. The Labute approximate surface area is 88.0 Å². The van der Waals surface area contributed by atoms with E-state index >= 15 is 0 Å². The molecule has 0 radical (unpaired) electrons. The van der Waals surface area contributed by atoms with E-state index in [2.05, 4.69) is 13.5 Å². The minimum absolute atomic E-state index is 0.0909. The van der Waals surface area contributed by atoms with E-state index in [0.29, 0.717) is 5.92 Å². The monoisotopic (exact) mass is 197 g/mol. The maximum Gasteiger partial charge on any atom is 0.245 e. The summed E-state index contributed by atoms with van der Waals surface area (Å²) in [6, 6.07) is 0. The number of hydrogen-bond donors (Lipinski definition) is 0. The number of likely N-dealkylation sites (tertiary alicyclic amines) is 1. The van der Waals surface area contributed by atoms with E-state index < -0.39 is 0 Å². The van der Waals surface area contributed by atoms with Crippen molar-refractivity contribution in [1.82, 2.24) is 4.90 Å². The number of hydrogen-bond acceptors (Lipinski definition) is 1. The van der Waals surface area contributed by atoms with Crippen molar-refractivity contribution in [1.29, 1.82) is 0 Å². The first-order chi connectivity index (χ1) is 6.77. The fourth-order valence-electron chi connectivity index (χ4n) is 1.73. The molecule has 0 saturated carbocycles. The minimum Gasteiger partial charge on any atom is -0.339 e. The second-order valence-corrected chi connectivity index (χ2v) is 3.40. The Morgan fingerprint density at radius 2 is 2.21 bits per heavy atom. The van der Waals surface area contributed by atoms with Gasteiger partial charge in [-0.1, -0.05) is 33.8 Å². The van der Waals surface area contributed by atoms with E-state index in [1.165, 1.54) is 18.9 Å². The summed E-state index contributed by atoms with van der Waals surface area (Å²) >= 11 is 0. The van der Waals surface area contributed by atoms with Crippen molar-refractivity contribution in [2.45, 2.75) is 40.0 Å². The van der Waals surface area contributed by atoms with Crippen molar-refractivity contribution in [3.8, 4) is 0 Å². The van der Waals surface area contributed by atoms with Crippen LogP contribution in [0.1, 0.15) is 40.0 Å². The van der Waals surface area contributed by atoms with Gasteiger partial charge in [0.25, 0.3) is 0 Å². The zero-order valence-corrected chi connectivity index (χ0v) is 9.75. The van der Waals surface area contributed by atoms with Crippen LogP contribution in [0, 0.1) is 5.92 Å². The molecule has 0 N–H and O–H groups in total. The lowest BCUT2D eigenvalue weighted by molar-refractivity contribution is -0.127. The molecule has 1 heterocycles. The van der Waals surface area contributed by atoms with E-state index in [1.54, 1.807) is 0 Å². The molecule has 14 heavy (non-hydrogen) atoms. The highest BCUT2D eigenvalue weighted by molar-refractivity contribution is 5.87. The highest BCUT2D eigenvalue weighted by atomic mass is 16.2. The number of carbonyl (C=O) groups is 1. The van der Waals surface area contributed by atoms with Gasteiger partial charge in [-0.15, -0.1) is 0 Å². The van der Waals surface area contributed by atoms with Crippen molar-refractivity contribution >= 4 is 5.91 Å². The normalized spacial score (nSPS) is 20.8. The van der Waals surface area contributed by atoms with E-state index in [1.807, 2.05) is 18.7 Å². The first kappa shape index (κ1) is 13.2. The molecule has 0 aromatic rings. The van der Waals surface area contributed by atoms with E-state index in [-0.39, 0.29) is 5.91 Å². The van der Waals surface area contributed by atoms with Crippen LogP contribution >= 0.6 is 0 Å². The Morgan fingerprint density at radius 1 is 1.57 bits per heavy atom. The maximum absolute atomic E-state index is 11.2. The second-order valence-electron chi connectivity index (χ2n) is 3.40. The van der Waals surface area contributed by atoms with Crippen LogP contribution in [0.3, 0.4) is 0 Å². The molecule has 0 unspecified atom stereocenters. The van der Waals surface area contributed by atoms with Gasteiger partial charge in [-0.2, -0.15) is 0 Å². The van der Waals surface area contributed by atoms with Crippen LogP contribution < -0.4 is 0 Å². The summed E-state index contributed by atoms with van der Waals surface area (Å²) in [5.74, 6) is 0.802. The predicted molar refractivity (Wildman–Crippen MR) is 61.1 cm³/mol. The van der Waals surface area contributed by atoms with Crippen LogP contribution in [0.4, 0.5) is 0 Å². The summed E-state index contributed by atoms with van der Waals surface area (Å²) in [5, 5.41) is 0. The third kappa shape index (κ3) is 3.95. The van der Waals surface area contributed by atoms with Gasteiger partial charge in [0.2, 0.25) is 5.91 Å². The fraction of sp³-hybridized carbons (Fsp3) is 0.750. The van der Waals surface area contributed by atoms with Crippen molar-refractivity contribution in [2.75, 3.05) is 13.1 Å². The van der Waals surface area contributed by atoms with Crippen molar-refractivity contribution in [3.63, 3.8) is 0 Å². The SMILES string of the molecule is C=CC(=O)N1CCC[C@@H](CC)C1.CC. The Bertz CT molecular complexity index is 177. The number of piperidine rings is 1. The lowest BCUT2D eigenvalue weighted by Gasteiger charge is -2.31. The van der Waals surface area contributed by atoms with Crippen molar-refractivity contribution < 1.29 is 4.79 Å². The zero-order valence-electron chi connectivity index (χ0n) is 9.75. The number of amides is 1. The molecule has 82 valence electrons. The molecule has 0 aliphatic carbocycles. The Kier molecular flexibility index (Phi) is 7.17. The topological polar surface area (TPSA) is 20.3 Å². The Hall–Kier alpha value is -0.790. The molecule has 2 heteroatoms. The van der Waals surface area contributed by atoms with Crippen LogP contribution in [0.2, 0.25) is 0 Å². The molecular formula is C12H23NO. The second kappa shape index (κ2) is 7.60.